The SMILES string of the molecule is CCN(CC)S(=O)(=O)c1cc(C(=O)OCc2nnsc2Cl)n(C)c1. The predicted molar refractivity (Wildman–Crippen MR) is 89.6 cm³/mol. The molecule has 0 atom stereocenters. The number of esters is 1. The molecule has 11 heteroatoms. The molecule has 24 heavy (non-hydrogen) atoms. The molecule has 2 rings (SSSR count). The molecular formula is C13H17ClN4O4S2. The van der Waals surface area contributed by atoms with Gasteiger partial charge in [0, 0.05) is 37.9 Å². The van der Waals surface area contributed by atoms with Crippen molar-refractivity contribution in [2.45, 2.75) is 25.3 Å². The average molecular weight is 393 g/mol. The van der Waals surface area contributed by atoms with Gasteiger partial charge in [0.1, 0.15) is 27.2 Å². The van der Waals surface area contributed by atoms with Crippen molar-refractivity contribution in [3.05, 3.63) is 28.0 Å². The van der Waals surface area contributed by atoms with Crippen LogP contribution in [0.3, 0.4) is 0 Å². The standard InChI is InChI=1S/C13H17ClN4O4S2/c1-4-18(5-2)24(20,21)9-6-11(17(3)7-9)13(19)22-8-10-12(14)23-16-15-10/h6-7H,4-5,8H2,1-3H3. The third-order valence-corrected chi connectivity index (χ3v) is 6.38. The van der Waals surface area contributed by atoms with Crippen LogP contribution < -0.4 is 0 Å². The molecule has 0 bridgehead atoms. The molecule has 8 nitrogen and oxygen atoms in total. The zero-order valence-electron chi connectivity index (χ0n) is 13.4. The van der Waals surface area contributed by atoms with Gasteiger partial charge in [0.15, 0.2) is 0 Å². The van der Waals surface area contributed by atoms with Crippen molar-refractivity contribution < 1.29 is 17.9 Å². The Hall–Kier alpha value is -1.49. The molecule has 0 aliphatic heterocycles. The molecule has 0 unspecified atom stereocenters. The highest BCUT2D eigenvalue weighted by atomic mass is 35.5. The molecule has 0 amide bonds. The van der Waals surface area contributed by atoms with Gasteiger partial charge in [-0.2, -0.15) is 4.31 Å². The number of sulfonamides is 1. The molecule has 2 aromatic heterocycles. The molecule has 132 valence electrons. The van der Waals surface area contributed by atoms with Gasteiger partial charge in [-0.3, -0.25) is 0 Å². The van der Waals surface area contributed by atoms with E-state index in [4.69, 9.17) is 16.3 Å². The number of carbonyl (C=O) groups is 1. The van der Waals surface area contributed by atoms with Crippen LogP contribution in [0.1, 0.15) is 30.0 Å². The topological polar surface area (TPSA) is 94.4 Å². The van der Waals surface area contributed by atoms with Crippen LogP contribution in [0.5, 0.6) is 0 Å². The molecule has 0 saturated heterocycles. The Morgan fingerprint density at radius 1 is 1.42 bits per heavy atom. The van der Waals surface area contributed by atoms with Crippen LogP contribution in [-0.4, -0.2) is 45.9 Å². The highest BCUT2D eigenvalue weighted by Crippen LogP contribution is 2.21. The number of rotatable bonds is 7. The summed E-state index contributed by atoms with van der Waals surface area (Å²) < 4.78 is 36.8. The minimum absolute atomic E-state index is 0.0500. The Balaban J connectivity index is 2.19. The van der Waals surface area contributed by atoms with Crippen molar-refractivity contribution in [3.8, 4) is 0 Å². The minimum Gasteiger partial charge on any atom is -0.454 e. The third-order valence-electron chi connectivity index (χ3n) is 3.38. The van der Waals surface area contributed by atoms with Crippen molar-refractivity contribution in [2.75, 3.05) is 13.1 Å². The second-order valence-corrected chi connectivity index (χ2v) is 8.12. The van der Waals surface area contributed by atoms with Crippen LogP contribution in [0, 0.1) is 0 Å². The second-order valence-electron chi connectivity index (χ2n) is 4.83. The zero-order chi connectivity index (χ0) is 17.9. The van der Waals surface area contributed by atoms with E-state index in [1.807, 2.05) is 0 Å². The quantitative estimate of drug-likeness (QED) is 0.668. The van der Waals surface area contributed by atoms with Gasteiger partial charge in [0.05, 0.1) is 0 Å². The summed E-state index contributed by atoms with van der Waals surface area (Å²) in [6, 6.07) is 1.30. The van der Waals surface area contributed by atoms with Gasteiger partial charge in [-0.25, -0.2) is 13.2 Å². The summed E-state index contributed by atoms with van der Waals surface area (Å²) in [5, 5.41) is 3.74. The van der Waals surface area contributed by atoms with E-state index in [1.165, 1.54) is 21.1 Å². The lowest BCUT2D eigenvalue weighted by Gasteiger charge is -2.17. The van der Waals surface area contributed by atoms with E-state index >= 15 is 0 Å². The Labute approximate surface area is 149 Å². The van der Waals surface area contributed by atoms with Crippen LogP contribution in [0.2, 0.25) is 4.34 Å². The van der Waals surface area contributed by atoms with E-state index in [-0.39, 0.29) is 17.2 Å². The van der Waals surface area contributed by atoms with Gasteiger partial charge in [-0.15, -0.1) is 5.10 Å². The normalized spacial score (nSPS) is 11.9. The Morgan fingerprint density at radius 3 is 2.62 bits per heavy atom. The minimum atomic E-state index is -3.64. The molecule has 2 aromatic rings. The van der Waals surface area contributed by atoms with E-state index in [0.717, 1.165) is 11.5 Å². The van der Waals surface area contributed by atoms with Crippen molar-refractivity contribution in [1.29, 1.82) is 0 Å². The molecule has 0 spiro atoms. The number of hydrogen-bond donors (Lipinski definition) is 0. The first kappa shape index (κ1) is 18.8. The van der Waals surface area contributed by atoms with Crippen molar-refractivity contribution in [3.63, 3.8) is 0 Å². The number of aryl methyl sites for hydroxylation is 1. The molecule has 2 heterocycles. The molecular weight excluding hydrogens is 376 g/mol. The van der Waals surface area contributed by atoms with Crippen LogP contribution in [0.25, 0.3) is 0 Å². The fraction of sp³-hybridized carbons (Fsp3) is 0.462. The summed E-state index contributed by atoms with van der Waals surface area (Å²) in [6.45, 7) is 4.08. The molecule has 0 aliphatic rings. The number of carbonyl (C=O) groups excluding carboxylic acids is 1. The highest BCUT2D eigenvalue weighted by Gasteiger charge is 2.26. The zero-order valence-corrected chi connectivity index (χ0v) is 15.8. The first-order chi connectivity index (χ1) is 11.3. The summed E-state index contributed by atoms with van der Waals surface area (Å²) in [6.07, 6.45) is 1.39. The summed E-state index contributed by atoms with van der Waals surface area (Å²) in [7, 11) is -2.06. The highest BCUT2D eigenvalue weighted by molar-refractivity contribution is 7.89. The maximum atomic E-state index is 12.5. The van der Waals surface area contributed by atoms with Gasteiger partial charge >= 0.3 is 5.97 Å². The van der Waals surface area contributed by atoms with Crippen molar-refractivity contribution in [1.82, 2.24) is 18.5 Å². The van der Waals surface area contributed by atoms with Crippen LogP contribution >= 0.6 is 23.1 Å². The lowest BCUT2D eigenvalue weighted by molar-refractivity contribution is 0.0456. The number of halogens is 1. The molecule has 0 fully saturated rings. The second kappa shape index (κ2) is 7.60. The monoisotopic (exact) mass is 392 g/mol. The van der Waals surface area contributed by atoms with Gasteiger partial charge in [-0.1, -0.05) is 29.9 Å². The maximum absolute atomic E-state index is 12.5. The molecule has 0 saturated carbocycles. The summed E-state index contributed by atoms with van der Waals surface area (Å²) in [5.74, 6) is -0.664. The van der Waals surface area contributed by atoms with E-state index in [0.29, 0.717) is 23.1 Å². The van der Waals surface area contributed by atoms with Crippen LogP contribution in [0.15, 0.2) is 17.2 Å². The Bertz CT molecular complexity index is 827. The summed E-state index contributed by atoms with van der Waals surface area (Å²) >= 11 is 6.84. The number of nitrogens with zero attached hydrogens (tertiary/aromatic N) is 4. The average Bonchev–Trinajstić information content (AvgIpc) is 3.12. The van der Waals surface area contributed by atoms with Crippen LogP contribution in [0.4, 0.5) is 0 Å². The van der Waals surface area contributed by atoms with Gasteiger partial charge in [-0.05, 0) is 6.07 Å². The maximum Gasteiger partial charge on any atom is 0.355 e. The van der Waals surface area contributed by atoms with Crippen molar-refractivity contribution >= 4 is 39.1 Å². The predicted octanol–water partition coefficient (Wildman–Crippen LogP) is 1.92. The lowest BCUT2D eigenvalue weighted by atomic mass is 10.4. The number of hydrogen-bond acceptors (Lipinski definition) is 7. The van der Waals surface area contributed by atoms with Crippen molar-refractivity contribution in [2.24, 2.45) is 7.05 Å². The first-order valence-electron chi connectivity index (χ1n) is 7.11. The third kappa shape index (κ3) is 3.77. The largest absolute Gasteiger partial charge is 0.454 e. The number of aromatic nitrogens is 3. The Kier molecular flexibility index (Phi) is 5.97. The lowest BCUT2D eigenvalue weighted by Crippen LogP contribution is -2.30. The van der Waals surface area contributed by atoms with Gasteiger partial charge < -0.3 is 9.30 Å². The Morgan fingerprint density at radius 2 is 2.08 bits per heavy atom. The molecule has 0 radical (unpaired) electrons. The number of ether oxygens (including phenoxy) is 1. The van der Waals surface area contributed by atoms with E-state index < -0.39 is 16.0 Å². The summed E-state index contributed by atoms with van der Waals surface area (Å²) in [5.41, 5.74) is 0.486. The van der Waals surface area contributed by atoms with Gasteiger partial charge in [0.25, 0.3) is 0 Å². The first-order valence-corrected chi connectivity index (χ1v) is 9.70. The smallest absolute Gasteiger partial charge is 0.355 e. The molecule has 0 aromatic carbocycles. The fourth-order valence-electron chi connectivity index (χ4n) is 2.08. The van der Waals surface area contributed by atoms with Crippen LogP contribution in [-0.2, 0) is 28.4 Å². The van der Waals surface area contributed by atoms with E-state index in [1.54, 1.807) is 20.9 Å². The van der Waals surface area contributed by atoms with E-state index in [2.05, 4.69) is 9.59 Å². The molecule has 0 N–H and O–H groups in total. The van der Waals surface area contributed by atoms with E-state index in [9.17, 15) is 13.2 Å². The summed E-state index contributed by atoms with van der Waals surface area (Å²) in [4.78, 5) is 12.2. The fourth-order valence-corrected chi connectivity index (χ4v) is 4.21. The van der Waals surface area contributed by atoms with Gasteiger partial charge in [0.2, 0.25) is 10.0 Å². The molecule has 0 aliphatic carbocycles.